The van der Waals surface area contributed by atoms with E-state index in [9.17, 15) is 0 Å². The van der Waals surface area contributed by atoms with Crippen molar-refractivity contribution in [3.63, 3.8) is 0 Å². The third kappa shape index (κ3) is 4.69. The minimum atomic E-state index is 0.399. The molecule has 21 heavy (non-hydrogen) atoms. The molecule has 5 heteroatoms. The van der Waals surface area contributed by atoms with Crippen LogP contribution in [-0.4, -0.2) is 28.0 Å². The number of halogens is 1. The fourth-order valence-corrected chi connectivity index (χ4v) is 2.33. The molecule has 1 aromatic heterocycles. The Kier molecular flexibility index (Phi) is 5.96. The molecule has 112 valence electrons. The van der Waals surface area contributed by atoms with Gasteiger partial charge in [0.25, 0.3) is 0 Å². The van der Waals surface area contributed by atoms with E-state index >= 15 is 0 Å². The van der Waals surface area contributed by atoms with Gasteiger partial charge in [0.1, 0.15) is 11.0 Å². The van der Waals surface area contributed by atoms with Gasteiger partial charge in [-0.3, -0.25) is 9.88 Å². The Morgan fingerprint density at radius 3 is 2.48 bits per heavy atom. The van der Waals surface area contributed by atoms with Crippen LogP contribution in [0.4, 0.5) is 5.82 Å². The van der Waals surface area contributed by atoms with Crippen molar-refractivity contribution < 1.29 is 0 Å². The zero-order valence-corrected chi connectivity index (χ0v) is 13.3. The topological polar surface area (TPSA) is 41.0 Å². The highest BCUT2D eigenvalue weighted by molar-refractivity contribution is 6.29. The highest BCUT2D eigenvalue weighted by Crippen LogP contribution is 2.14. The lowest BCUT2D eigenvalue weighted by molar-refractivity contribution is 0.295. The second-order valence-corrected chi connectivity index (χ2v) is 5.20. The number of nitrogens with one attached hydrogen (secondary N) is 1. The zero-order chi connectivity index (χ0) is 15.1. The van der Waals surface area contributed by atoms with Crippen molar-refractivity contribution >= 4 is 17.4 Å². The van der Waals surface area contributed by atoms with Crippen LogP contribution in [-0.2, 0) is 13.1 Å². The second-order valence-electron chi connectivity index (χ2n) is 4.81. The number of anilines is 1. The van der Waals surface area contributed by atoms with Crippen molar-refractivity contribution in [1.82, 2.24) is 14.9 Å². The van der Waals surface area contributed by atoms with Gasteiger partial charge < -0.3 is 5.32 Å². The SMILES string of the molecule is CCN(CC)Cc1ccccc1CNc1cncc(Cl)n1. The lowest BCUT2D eigenvalue weighted by Gasteiger charge is -2.20. The largest absolute Gasteiger partial charge is 0.365 e. The summed E-state index contributed by atoms with van der Waals surface area (Å²) >= 11 is 5.84. The molecule has 0 saturated heterocycles. The standard InChI is InChI=1S/C16H21ClN4/c1-3-21(4-2)12-14-8-6-5-7-13(14)9-19-16-11-18-10-15(17)20-16/h5-8,10-11H,3-4,9,12H2,1-2H3,(H,19,20). The number of nitrogens with zero attached hydrogens (tertiary/aromatic N) is 3. The van der Waals surface area contributed by atoms with Crippen molar-refractivity contribution in [3.05, 3.63) is 52.9 Å². The molecule has 0 saturated carbocycles. The molecule has 0 spiro atoms. The van der Waals surface area contributed by atoms with Crippen LogP contribution < -0.4 is 5.32 Å². The van der Waals surface area contributed by atoms with E-state index in [4.69, 9.17) is 11.6 Å². The lowest BCUT2D eigenvalue weighted by Crippen LogP contribution is -2.23. The number of rotatable bonds is 7. The molecule has 1 aromatic carbocycles. The van der Waals surface area contributed by atoms with Crippen LogP contribution in [0, 0.1) is 0 Å². The summed E-state index contributed by atoms with van der Waals surface area (Å²) in [4.78, 5) is 10.6. The summed E-state index contributed by atoms with van der Waals surface area (Å²) in [5.41, 5.74) is 2.61. The predicted molar refractivity (Wildman–Crippen MR) is 87.4 cm³/mol. The Labute approximate surface area is 131 Å². The summed E-state index contributed by atoms with van der Waals surface area (Å²) in [6.45, 7) is 8.16. The molecule has 0 unspecified atom stereocenters. The highest BCUT2D eigenvalue weighted by atomic mass is 35.5. The maximum atomic E-state index is 5.84. The van der Waals surface area contributed by atoms with Gasteiger partial charge in [-0.25, -0.2) is 4.98 Å². The van der Waals surface area contributed by atoms with Gasteiger partial charge in [-0.15, -0.1) is 0 Å². The number of aromatic nitrogens is 2. The molecule has 0 aliphatic rings. The molecule has 4 nitrogen and oxygen atoms in total. The van der Waals surface area contributed by atoms with Crippen molar-refractivity contribution in [2.75, 3.05) is 18.4 Å². The van der Waals surface area contributed by atoms with Gasteiger partial charge in [0, 0.05) is 13.1 Å². The molecule has 0 bridgehead atoms. The quantitative estimate of drug-likeness (QED) is 0.849. The summed E-state index contributed by atoms with van der Waals surface area (Å²) < 4.78 is 0. The first-order chi connectivity index (χ1) is 10.2. The van der Waals surface area contributed by atoms with Crippen molar-refractivity contribution in [2.24, 2.45) is 0 Å². The molecular formula is C16H21ClN4. The van der Waals surface area contributed by atoms with Crippen LogP contribution >= 0.6 is 11.6 Å². The van der Waals surface area contributed by atoms with Gasteiger partial charge in [-0.05, 0) is 24.2 Å². The fourth-order valence-electron chi connectivity index (χ4n) is 2.19. The molecule has 2 aromatic rings. The maximum Gasteiger partial charge on any atom is 0.149 e. The van der Waals surface area contributed by atoms with E-state index in [-0.39, 0.29) is 0 Å². The van der Waals surface area contributed by atoms with Gasteiger partial charge >= 0.3 is 0 Å². The minimum Gasteiger partial charge on any atom is -0.365 e. The van der Waals surface area contributed by atoms with Crippen LogP contribution in [0.3, 0.4) is 0 Å². The van der Waals surface area contributed by atoms with Crippen molar-refractivity contribution in [1.29, 1.82) is 0 Å². The summed E-state index contributed by atoms with van der Waals surface area (Å²) in [6, 6.07) is 8.47. The molecule has 0 radical (unpaired) electrons. The summed E-state index contributed by atoms with van der Waals surface area (Å²) in [5.74, 6) is 0.695. The third-order valence-corrected chi connectivity index (χ3v) is 3.65. The van der Waals surface area contributed by atoms with Gasteiger partial charge in [-0.2, -0.15) is 0 Å². The van der Waals surface area contributed by atoms with E-state index < -0.39 is 0 Å². The molecule has 0 aliphatic heterocycles. The van der Waals surface area contributed by atoms with E-state index in [2.05, 4.69) is 58.3 Å². The van der Waals surface area contributed by atoms with E-state index in [1.54, 1.807) is 6.20 Å². The van der Waals surface area contributed by atoms with Crippen molar-refractivity contribution in [3.8, 4) is 0 Å². The average molecular weight is 305 g/mol. The normalized spacial score (nSPS) is 10.9. The number of hydrogen-bond acceptors (Lipinski definition) is 4. The molecule has 1 heterocycles. The Morgan fingerprint density at radius 1 is 1.10 bits per heavy atom. The first kappa shape index (κ1) is 15.7. The monoisotopic (exact) mass is 304 g/mol. The maximum absolute atomic E-state index is 5.84. The van der Waals surface area contributed by atoms with E-state index in [0.717, 1.165) is 19.6 Å². The molecule has 1 N–H and O–H groups in total. The minimum absolute atomic E-state index is 0.399. The summed E-state index contributed by atoms with van der Waals surface area (Å²) in [5, 5.41) is 3.67. The van der Waals surface area contributed by atoms with Crippen LogP contribution in [0.1, 0.15) is 25.0 Å². The van der Waals surface area contributed by atoms with Gasteiger partial charge in [0.2, 0.25) is 0 Å². The Morgan fingerprint density at radius 2 is 1.81 bits per heavy atom. The van der Waals surface area contributed by atoms with E-state index in [1.807, 2.05) is 0 Å². The Balaban J connectivity index is 2.06. The molecular weight excluding hydrogens is 284 g/mol. The van der Waals surface area contributed by atoms with Gasteiger partial charge in [0.15, 0.2) is 0 Å². The smallest absolute Gasteiger partial charge is 0.149 e. The van der Waals surface area contributed by atoms with Crippen LogP contribution in [0.25, 0.3) is 0 Å². The lowest BCUT2D eigenvalue weighted by atomic mass is 10.1. The number of hydrogen-bond donors (Lipinski definition) is 1. The average Bonchev–Trinajstić information content (AvgIpc) is 2.51. The third-order valence-electron chi connectivity index (χ3n) is 3.47. The first-order valence-corrected chi connectivity index (χ1v) is 7.61. The Hall–Kier alpha value is -1.65. The van der Waals surface area contributed by atoms with E-state index in [0.29, 0.717) is 17.5 Å². The first-order valence-electron chi connectivity index (χ1n) is 7.23. The van der Waals surface area contributed by atoms with Crippen molar-refractivity contribution in [2.45, 2.75) is 26.9 Å². The second kappa shape index (κ2) is 7.96. The zero-order valence-electron chi connectivity index (χ0n) is 12.5. The summed E-state index contributed by atoms with van der Waals surface area (Å²) in [6.07, 6.45) is 3.21. The molecule has 0 amide bonds. The molecule has 2 rings (SSSR count). The van der Waals surface area contributed by atoms with Gasteiger partial charge in [0.05, 0.1) is 12.4 Å². The molecule has 0 aliphatic carbocycles. The van der Waals surface area contributed by atoms with Gasteiger partial charge in [-0.1, -0.05) is 49.7 Å². The molecule has 0 fully saturated rings. The van der Waals surface area contributed by atoms with E-state index in [1.165, 1.54) is 17.3 Å². The molecule has 0 atom stereocenters. The summed E-state index contributed by atoms with van der Waals surface area (Å²) in [7, 11) is 0. The van der Waals surface area contributed by atoms with Crippen LogP contribution in [0.5, 0.6) is 0 Å². The predicted octanol–water partition coefficient (Wildman–Crippen LogP) is 3.58. The number of benzene rings is 1. The fraction of sp³-hybridized carbons (Fsp3) is 0.375. The van der Waals surface area contributed by atoms with Crippen LogP contribution in [0.2, 0.25) is 5.15 Å². The van der Waals surface area contributed by atoms with Crippen LogP contribution in [0.15, 0.2) is 36.7 Å². The highest BCUT2D eigenvalue weighted by Gasteiger charge is 2.06. The Bertz CT molecular complexity index is 570.